The molecule has 16 rings (SSSR count). The van der Waals surface area contributed by atoms with Gasteiger partial charge in [0.15, 0.2) is 5.82 Å². The van der Waals surface area contributed by atoms with Crippen LogP contribution >= 0.6 is 11.3 Å². The maximum absolute atomic E-state index is 5.91. The summed E-state index contributed by atoms with van der Waals surface area (Å²) in [7, 11) is 0. The van der Waals surface area contributed by atoms with Gasteiger partial charge in [-0.2, -0.15) is 0 Å². The molecule has 11 aromatic carbocycles. The number of para-hydroxylation sites is 1. The van der Waals surface area contributed by atoms with E-state index < -0.39 is 0 Å². The van der Waals surface area contributed by atoms with Gasteiger partial charge in [-0.05, 0) is 85.6 Å². The zero-order valence-electron chi connectivity index (χ0n) is 33.5. The van der Waals surface area contributed by atoms with Crippen molar-refractivity contribution in [2.24, 2.45) is 0 Å². The van der Waals surface area contributed by atoms with Crippen LogP contribution in [0.15, 0.2) is 182 Å². The first kappa shape index (κ1) is 32.6. The Kier molecular flexibility index (Phi) is 5.91. The molecule has 0 unspecified atom stereocenters. The molecule has 288 valence electrons. The second-order valence-electron chi connectivity index (χ2n) is 17.2. The monoisotopic (exact) mass is 814 g/mol. The summed E-state index contributed by atoms with van der Waals surface area (Å²) < 4.78 is 7.58. The predicted octanol–water partition coefficient (Wildman–Crippen LogP) is 16.0. The number of rotatable bonds is 2. The van der Waals surface area contributed by atoms with Crippen LogP contribution in [-0.2, 0) is 0 Å². The molecule has 0 bridgehead atoms. The topological polar surface area (TPSA) is 35.1 Å². The van der Waals surface area contributed by atoms with Crippen LogP contribution in [0.3, 0.4) is 0 Å². The van der Waals surface area contributed by atoms with Crippen LogP contribution < -0.4 is 0 Å². The molecule has 0 fully saturated rings. The largest absolute Gasteiger partial charge is 0.308 e. The van der Waals surface area contributed by atoms with Gasteiger partial charge in [0.05, 0.1) is 38.6 Å². The summed E-state index contributed by atoms with van der Waals surface area (Å²) >= 11 is 1.89. The number of hydrogen-bond donors (Lipinski definition) is 0. The minimum absolute atomic E-state index is 0.826. The van der Waals surface area contributed by atoms with Crippen molar-refractivity contribution in [3.63, 3.8) is 0 Å². The van der Waals surface area contributed by atoms with Crippen LogP contribution in [0.4, 0.5) is 0 Å². The lowest BCUT2D eigenvalue weighted by Gasteiger charge is -2.17. The molecule has 0 aliphatic heterocycles. The minimum atomic E-state index is 0.826. The van der Waals surface area contributed by atoms with Crippen LogP contribution in [0.1, 0.15) is 0 Å². The first-order valence-electron chi connectivity index (χ1n) is 21.6. The molecule has 0 amide bonds. The average molecular weight is 815 g/mol. The van der Waals surface area contributed by atoms with Crippen molar-refractivity contribution in [2.75, 3.05) is 0 Å². The van der Waals surface area contributed by atoms with Gasteiger partial charge in [0, 0.05) is 58.1 Å². The maximum Gasteiger partial charge on any atom is 0.165 e. The fourth-order valence-electron chi connectivity index (χ4n) is 11.7. The molecule has 5 heteroatoms. The summed E-state index contributed by atoms with van der Waals surface area (Å²) in [4.78, 5) is 11.8. The molecule has 0 N–H and O–H groups in total. The third-order valence-electron chi connectivity index (χ3n) is 14.2. The molecule has 63 heavy (non-hydrogen) atoms. The van der Waals surface area contributed by atoms with Crippen LogP contribution in [0, 0.1) is 0 Å². The average Bonchev–Trinajstić information content (AvgIpc) is 3.98. The first-order chi connectivity index (χ1) is 31.3. The lowest BCUT2D eigenvalue weighted by atomic mass is 9.92. The summed E-state index contributed by atoms with van der Waals surface area (Å²) in [6.07, 6.45) is 0. The van der Waals surface area contributed by atoms with Crippen molar-refractivity contribution in [3.05, 3.63) is 182 Å². The summed E-state index contributed by atoms with van der Waals surface area (Å²) in [6, 6.07) is 67.0. The van der Waals surface area contributed by atoms with Gasteiger partial charge in [-0.3, -0.25) is 4.57 Å². The lowest BCUT2D eigenvalue weighted by molar-refractivity contribution is 1.08. The van der Waals surface area contributed by atoms with E-state index in [1.165, 1.54) is 101 Å². The number of thiophene rings is 1. The van der Waals surface area contributed by atoms with Crippen LogP contribution in [0.2, 0.25) is 0 Å². The highest BCUT2D eigenvalue weighted by atomic mass is 32.1. The fourth-order valence-corrected chi connectivity index (χ4v) is 12.8. The third-order valence-corrected chi connectivity index (χ3v) is 15.3. The fraction of sp³-hybridized carbons (Fsp3) is 0. The molecule has 5 aromatic heterocycles. The number of aromatic nitrogens is 4. The van der Waals surface area contributed by atoms with Gasteiger partial charge in [-0.25, -0.2) is 9.97 Å². The van der Waals surface area contributed by atoms with E-state index in [2.05, 4.69) is 191 Å². The zero-order valence-corrected chi connectivity index (χ0v) is 34.3. The molecule has 4 nitrogen and oxygen atoms in total. The Morgan fingerprint density at radius 2 is 0.841 bits per heavy atom. The number of fused-ring (bicyclic) bond motifs is 16. The Hall–Kier alpha value is -8.12. The van der Waals surface area contributed by atoms with Crippen molar-refractivity contribution in [1.29, 1.82) is 0 Å². The molecular weight excluding hydrogens is 785 g/mol. The summed E-state index contributed by atoms with van der Waals surface area (Å²) in [5, 5.41) is 19.8. The van der Waals surface area contributed by atoms with Gasteiger partial charge < -0.3 is 4.40 Å². The smallest absolute Gasteiger partial charge is 0.165 e. The minimum Gasteiger partial charge on any atom is -0.308 e. The van der Waals surface area contributed by atoms with Crippen molar-refractivity contribution in [3.8, 4) is 17.1 Å². The van der Waals surface area contributed by atoms with E-state index in [1.54, 1.807) is 0 Å². The molecule has 5 heterocycles. The van der Waals surface area contributed by atoms with E-state index >= 15 is 0 Å². The summed E-state index contributed by atoms with van der Waals surface area (Å²) in [5.74, 6) is 0.826. The third kappa shape index (κ3) is 3.94. The first-order valence-corrected chi connectivity index (χ1v) is 22.4. The van der Waals surface area contributed by atoms with E-state index in [-0.39, 0.29) is 0 Å². The molecule has 0 spiro atoms. The molecule has 0 saturated heterocycles. The van der Waals surface area contributed by atoms with Gasteiger partial charge in [0.2, 0.25) is 0 Å². The number of nitrogens with zero attached hydrogens (tertiary/aromatic N) is 4. The van der Waals surface area contributed by atoms with Gasteiger partial charge in [-0.15, -0.1) is 11.3 Å². The Balaban J connectivity index is 1.13. The number of hydrogen-bond acceptors (Lipinski definition) is 3. The van der Waals surface area contributed by atoms with E-state index in [1.807, 2.05) is 11.3 Å². The molecular formula is C58H30N4S. The highest BCUT2D eigenvalue weighted by Crippen LogP contribution is 2.51. The number of benzene rings is 11. The van der Waals surface area contributed by atoms with Gasteiger partial charge in [0.1, 0.15) is 5.69 Å². The van der Waals surface area contributed by atoms with Gasteiger partial charge in [0.25, 0.3) is 0 Å². The van der Waals surface area contributed by atoms with Crippen molar-refractivity contribution in [2.45, 2.75) is 0 Å². The highest BCUT2D eigenvalue weighted by Gasteiger charge is 2.28. The Bertz CT molecular complexity index is 4650. The summed E-state index contributed by atoms with van der Waals surface area (Å²) in [5.41, 5.74) is 9.66. The Labute approximate surface area is 361 Å². The Morgan fingerprint density at radius 3 is 1.56 bits per heavy atom. The highest BCUT2D eigenvalue weighted by molar-refractivity contribution is 7.26. The quantitative estimate of drug-likeness (QED) is 0.163. The molecule has 0 atom stereocenters. The normalized spacial score (nSPS) is 12.8. The second kappa shape index (κ2) is 11.4. The van der Waals surface area contributed by atoms with E-state index in [0.717, 1.165) is 49.9 Å². The van der Waals surface area contributed by atoms with Gasteiger partial charge in [-0.1, -0.05) is 140 Å². The predicted molar refractivity (Wildman–Crippen MR) is 268 cm³/mol. The van der Waals surface area contributed by atoms with Crippen molar-refractivity contribution >= 4 is 146 Å². The molecule has 0 aliphatic rings. The lowest BCUT2D eigenvalue weighted by Crippen LogP contribution is -2.04. The summed E-state index contributed by atoms with van der Waals surface area (Å²) in [6.45, 7) is 0. The van der Waals surface area contributed by atoms with Crippen LogP contribution in [0.25, 0.3) is 151 Å². The van der Waals surface area contributed by atoms with E-state index in [9.17, 15) is 0 Å². The second-order valence-corrected chi connectivity index (χ2v) is 18.2. The standard InChI is InChI=1S/C58H30N4S/c1-2-14-34-32(12-1)33-13-3-4-17-37(33)43-30-31(24-25-38(34)43)54-58(60-56-41-20-8-6-16-36(41)35-15-5-7-19-40(35)55(56)59-54)62-46-23-11-22-45-50(46)51-47(62)27-29-48-52(51)53-49(63-48)28-26-42-39-18-9-10-21-44(39)61(45)57(42)53/h1-30H. The van der Waals surface area contributed by atoms with E-state index in [4.69, 9.17) is 9.97 Å². The maximum atomic E-state index is 5.91. The van der Waals surface area contributed by atoms with Crippen molar-refractivity contribution < 1.29 is 0 Å². The molecule has 0 radical (unpaired) electrons. The molecule has 0 aliphatic carbocycles. The SMILES string of the molecule is c1ccc2c(c1)c1ccccc1c1cc(-c3nc4c5ccccc5c5ccccc5c4nc3-n3c4ccc5sc6ccc7c8ccccc8n8c9cccc3c9c4c5c6c78)ccc21. The van der Waals surface area contributed by atoms with Crippen LogP contribution in [0.5, 0.6) is 0 Å². The van der Waals surface area contributed by atoms with E-state index in [0.29, 0.717) is 0 Å². The van der Waals surface area contributed by atoms with Crippen LogP contribution in [-0.4, -0.2) is 18.9 Å². The molecule has 0 saturated carbocycles. The van der Waals surface area contributed by atoms with Crippen molar-refractivity contribution in [1.82, 2.24) is 18.9 Å². The molecule has 16 aromatic rings. The van der Waals surface area contributed by atoms with Gasteiger partial charge >= 0.3 is 0 Å². The zero-order chi connectivity index (χ0) is 40.7. The Morgan fingerprint density at radius 1 is 0.333 bits per heavy atom.